The van der Waals surface area contributed by atoms with Crippen LogP contribution in [-0.4, -0.2) is 20.1 Å². The van der Waals surface area contributed by atoms with Gasteiger partial charge < -0.3 is 17.7 Å². The van der Waals surface area contributed by atoms with Crippen molar-refractivity contribution >= 4 is 12.9 Å². The molecule has 7 heteroatoms. The van der Waals surface area contributed by atoms with E-state index in [0.717, 1.165) is 21.0 Å². The number of hydrogen-bond acceptors (Lipinski definition) is 2. The molecule has 0 saturated heterocycles. The van der Waals surface area contributed by atoms with E-state index in [9.17, 15) is 17.7 Å². The topological polar surface area (TPSA) is 26.3 Å². The number of methoxy groups -OCH3 is 1. The van der Waals surface area contributed by atoms with Gasteiger partial charge in [-0.3, -0.25) is 4.79 Å². The Morgan fingerprint density at radius 2 is 1.79 bits per heavy atom. The number of carbonyl (C=O) groups excluding carboxylic acids is 1. The maximum Gasteiger partial charge on any atom is 1.00 e. The van der Waals surface area contributed by atoms with E-state index in [0.29, 0.717) is 0 Å². The summed E-state index contributed by atoms with van der Waals surface area (Å²) in [6.45, 7) is -2.72. The molecule has 0 unspecified atom stereocenters. The fraction of sp³-hybridized carbons (Fsp3) is 0.857. The molecule has 0 radical (unpaired) electrons. The second-order valence-corrected chi connectivity index (χ2v) is 3.64. The smallest absolute Gasteiger partial charge is 0.469 e. The van der Waals surface area contributed by atoms with Crippen LogP contribution in [0.4, 0.5) is 12.9 Å². The van der Waals surface area contributed by atoms with Gasteiger partial charge in [0.25, 0.3) is 0 Å². The second-order valence-electron chi connectivity index (χ2n) is 3.64. The summed E-state index contributed by atoms with van der Waals surface area (Å²) in [4.78, 5) is 10.6. The average Bonchev–Trinajstić information content (AvgIpc) is 1.98. The zero-order chi connectivity index (χ0) is 10.7. The van der Waals surface area contributed by atoms with Crippen molar-refractivity contribution in [3.63, 3.8) is 0 Å². The van der Waals surface area contributed by atoms with Gasteiger partial charge in [-0.1, -0.05) is 25.6 Å². The third-order valence-corrected chi connectivity index (χ3v) is 2.09. The van der Waals surface area contributed by atoms with Crippen LogP contribution < -0.4 is 51.4 Å². The molecule has 0 atom stereocenters. The number of hydrogen-bond donors (Lipinski definition) is 0. The SMILES string of the molecule is COC(=O)CCC(C)(C)[B-](F)(F)F.[K+]. The summed E-state index contributed by atoms with van der Waals surface area (Å²) in [5, 5.41) is -1.77. The first-order valence-corrected chi connectivity index (χ1v) is 3.97. The third-order valence-electron chi connectivity index (χ3n) is 2.09. The van der Waals surface area contributed by atoms with Crippen molar-refractivity contribution in [3.05, 3.63) is 0 Å². The summed E-state index contributed by atoms with van der Waals surface area (Å²) < 4.78 is 41.2. The Hall–Kier alpha value is 0.961. The van der Waals surface area contributed by atoms with Crippen LogP contribution in [0.5, 0.6) is 0 Å². The minimum absolute atomic E-state index is 0. The Morgan fingerprint density at radius 1 is 1.36 bits per heavy atom. The Balaban J connectivity index is 0. The molecular weight excluding hydrogens is 223 g/mol. The van der Waals surface area contributed by atoms with E-state index in [-0.39, 0.29) is 64.2 Å². The molecule has 0 heterocycles. The normalized spacial score (nSPS) is 11.9. The Bertz CT molecular complexity index is 194. The van der Waals surface area contributed by atoms with Crippen LogP contribution in [0.3, 0.4) is 0 Å². The van der Waals surface area contributed by atoms with Crippen molar-refractivity contribution in [1.29, 1.82) is 0 Å². The predicted molar refractivity (Wildman–Crippen MR) is 44.4 cm³/mol. The number of halogens is 3. The van der Waals surface area contributed by atoms with Crippen molar-refractivity contribution in [2.45, 2.75) is 32.0 Å². The predicted octanol–water partition coefficient (Wildman–Crippen LogP) is -0.429. The molecule has 0 aromatic rings. The van der Waals surface area contributed by atoms with Gasteiger partial charge in [0.2, 0.25) is 0 Å². The van der Waals surface area contributed by atoms with E-state index in [1.807, 2.05) is 0 Å². The van der Waals surface area contributed by atoms with Crippen LogP contribution in [0.1, 0.15) is 26.7 Å². The zero-order valence-corrected chi connectivity index (χ0v) is 12.1. The summed E-state index contributed by atoms with van der Waals surface area (Å²) in [5.74, 6) is -0.604. The van der Waals surface area contributed by atoms with E-state index >= 15 is 0 Å². The third kappa shape index (κ3) is 5.75. The van der Waals surface area contributed by atoms with Crippen LogP contribution in [0.2, 0.25) is 5.31 Å². The number of carbonyl (C=O) groups is 1. The van der Waals surface area contributed by atoms with E-state index in [4.69, 9.17) is 0 Å². The second kappa shape index (κ2) is 6.52. The van der Waals surface area contributed by atoms with Crippen molar-refractivity contribution in [2.75, 3.05) is 7.11 Å². The molecule has 0 aromatic carbocycles. The molecule has 78 valence electrons. The average molecular weight is 236 g/mol. The summed E-state index contributed by atoms with van der Waals surface area (Å²) >= 11 is 0. The first kappa shape index (κ1) is 17.4. The molecule has 0 fully saturated rings. The standard InChI is InChI=1S/C7H13BF3O2.K/c1-7(2,8(9,10)11)5-4-6(12)13-3;/h4-5H2,1-3H3;/q-1;+1. The molecule has 0 saturated carbocycles. The number of ether oxygens (including phenoxy) is 1. The van der Waals surface area contributed by atoms with E-state index in [2.05, 4.69) is 4.74 Å². The number of rotatable bonds is 4. The van der Waals surface area contributed by atoms with Gasteiger partial charge in [-0.25, -0.2) is 0 Å². The molecule has 0 amide bonds. The molecule has 0 aliphatic rings. The zero-order valence-electron chi connectivity index (χ0n) is 8.94. The summed E-state index contributed by atoms with van der Waals surface area (Å²) in [7, 11) is 1.16. The van der Waals surface area contributed by atoms with Crippen LogP contribution in [0.15, 0.2) is 0 Å². The molecule has 0 aliphatic heterocycles. The fourth-order valence-electron chi connectivity index (χ4n) is 0.690. The maximum absolute atomic E-state index is 12.3. The molecular formula is C7H13BF3KO2. The van der Waals surface area contributed by atoms with Crippen LogP contribution >= 0.6 is 0 Å². The molecule has 0 aromatic heterocycles. The molecule has 2 nitrogen and oxygen atoms in total. The van der Waals surface area contributed by atoms with Crippen molar-refractivity contribution in [3.8, 4) is 0 Å². The van der Waals surface area contributed by atoms with Crippen molar-refractivity contribution < 1.29 is 73.9 Å². The quantitative estimate of drug-likeness (QED) is 0.489. The first-order chi connectivity index (χ1) is 5.70. The molecule has 0 rings (SSSR count). The Kier molecular flexibility index (Phi) is 8.09. The Labute approximate surface area is 124 Å². The van der Waals surface area contributed by atoms with Gasteiger partial charge in [-0.2, -0.15) is 0 Å². The molecule has 0 aliphatic carbocycles. The molecule has 0 N–H and O–H groups in total. The van der Waals surface area contributed by atoms with Gasteiger partial charge in [0, 0.05) is 6.42 Å². The van der Waals surface area contributed by atoms with Crippen molar-refractivity contribution in [1.82, 2.24) is 0 Å². The van der Waals surface area contributed by atoms with Gasteiger partial charge >= 0.3 is 64.3 Å². The van der Waals surface area contributed by atoms with Crippen LogP contribution in [-0.2, 0) is 9.53 Å². The minimum Gasteiger partial charge on any atom is -0.469 e. The summed E-state index contributed by atoms with van der Waals surface area (Å²) in [5.41, 5.74) is 0. The van der Waals surface area contributed by atoms with Gasteiger partial charge in [-0.15, -0.1) is 0 Å². The largest absolute Gasteiger partial charge is 1.00 e. The van der Waals surface area contributed by atoms with E-state index in [1.165, 1.54) is 0 Å². The summed E-state index contributed by atoms with van der Waals surface area (Å²) in [6, 6.07) is 0. The molecule has 14 heavy (non-hydrogen) atoms. The van der Waals surface area contributed by atoms with E-state index < -0.39 is 18.3 Å². The first-order valence-electron chi connectivity index (χ1n) is 3.97. The maximum atomic E-state index is 12.3. The minimum atomic E-state index is -4.90. The monoisotopic (exact) mass is 236 g/mol. The Morgan fingerprint density at radius 3 is 2.07 bits per heavy atom. The van der Waals surface area contributed by atoms with Gasteiger partial charge in [-0.05, 0) is 0 Å². The summed E-state index contributed by atoms with van der Waals surface area (Å²) in [6.07, 6.45) is -0.409. The van der Waals surface area contributed by atoms with Crippen molar-refractivity contribution in [2.24, 2.45) is 0 Å². The van der Waals surface area contributed by atoms with Gasteiger partial charge in [0.15, 0.2) is 0 Å². The number of esters is 1. The van der Waals surface area contributed by atoms with Crippen LogP contribution in [0, 0.1) is 0 Å². The fourth-order valence-corrected chi connectivity index (χ4v) is 0.690. The molecule has 0 bridgehead atoms. The van der Waals surface area contributed by atoms with Gasteiger partial charge in [0.05, 0.1) is 7.11 Å². The van der Waals surface area contributed by atoms with Gasteiger partial charge in [0.1, 0.15) is 0 Å². The van der Waals surface area contributed by atoms with Crippen LogP contribution in [0.25, 0.3) is 0 Å². The van der Waals surface area contributed by atoms with E-state index in [1.54, 1.807) is 0 Å². The molecule has 0 spiro atoms.